The van der Waals surface area contributed by atoms with Crippen LogP contribution in [0.1, 0.15) is 43.5 Å². The van der Waals surface area contributed by atoms with Gasteiger partial charge in [-0.3, -0.25) is 9.89 Å². The molecule has 1 aliphatic heterocycles. The number of alkyl halides is 3. The molecule has 0 radical (unpaired) electrons. The molecule has 0 unspecified atom stereocenters. The Bertz CT molecular complexity index is 502. The standard InChI is InChI=1S/C14H20F3N3O2/c1-2-22-7-5-13(21)20-6-3-4-10(9-20)11-8-12(19-18-11)14(15,16)17/h8,10H,2-7,9H2,1H3,(H,18,19)/t10-/m1/s1. The van der Waals surface area contributed by atoms with E-state index in [2.05, 4.69) is 10.2 Å². The van der Waals surface area contributed by atoms with E-state index < -0.39 is 11.9 Å². The number of H-pyrrole nitrogens is 1. The van der Waals surface area contributed by atoms with E-state index >= 15 is 0 Å². The van der Waals surface area contributed by atoms with E-state index in [-0.39, 0.29) is 11.8 Å². The van der Waals surface area contributed by atoms with Gasteiger partial charge in [-0.1, -0.05) is 0 Å². The highest BCUT2D eigenvalue weighted by molar-refractivity contribution is 5.76. The molecule has 1 aromatic rings. The summed E-state index contributed by atoms with van der Waals surface area (Å²) in [7, 11) is 0. The highest BCUT2D eigenvalue weighted by Crippen LogP contribution is 2.32. The number of halogens is 3. The molecule has 1 atom stereocenters. The predicted octanol–water partition coefficient (Wildman–Crippen LogP) is 2.56. The lowest BCUT2D eigenvalue weighted by Crippen LogP contribution is -2.39. The van der Waals surface area contributed by atoms with Gasteiger partial charge in [0.2, 0.25) is 5.91 Å². The van der Waals surface area contributed by atoms with Gasteiger partial charge in [0.25, 0.3) is 0 Å². The van der Waals surface area contributed by atoms with Crippen LogP contribution < -0.4 is 0 Å². The van der Waals surface area contributed by atoms with Crippen molar-refractivity contribution in [3.8, 4) is 0 Å². The molecule has 0 aromatic carbocycles. The number of hydrogen-bond donors (Lipinski definition) is 1. The van der Waals surface area contributed by atoms with Crippen LogP contribution in [0, 0.1) is 0 Å². The second-order valence-corrected chi connectivity index (χ2v) is 5.33. The number of carbonyl (C=O) groups is 1. The molecule has 1 aromatic heterocycles. The monoisotopic (exact) mass is 319 g/mol. The molecule has 2 rings (SSSR count). The minimum atomic E-state index is -4.45. The summed E-state index contributed by atoms with van der Waals surface area (Å²) in [6.07, 6.45) is -2.63. The average Bonchev–Trinajstić information content (AvgIpc) is 2.97. The van der Waals surface area contributed by atoms with Crippen LogP contribution in [-0.4, -0.2) is 47.3 Å². The van der Waals surface area contributed by atoms with Gasteiger partial charge in [0.15, 0.2) is 5.69 Å². The Morgan fingerprint density at radius 3 is 2.95 bits per heavy atom. The molecule has 8 heteroatoms. The second-order valence-electron chi connectivity index (χ2n) is 5.33. The van der Waals surface area contributed by atoms with Crippen molar-refractivity contribution in [2.24, 2.45) is 0 Å². The first kappa shape index (κ1) is 16.8. The Morgan fingerprint density at radius 2 is 2.32 bits per heavy atom. The van der Waals surface area contributed by atoms with Crippen molar-refractivity contribution in [2.45, 2.75) is 38.3 Å². The summed E-state index contributed by atoms with van der Waals surface area (Å²) < 4.78 is 42.9. The fourth-order valence-electron chi connectivity index (χ4n) is 2.61. The Balaban J connectivity index is 1.95. The molecule has 0 aliphatic carbocycles. The molecular formula is C14H20F3N3O2. The number of aromatic nitrogens is 2. The van der Waals surface area contributed by atoms with Crippen molar-refractivity contribution in [3.05, 3.63) is 17.5 Å². The summed E-state index contributed by atoms with van der Waals surface area (Å²) in [5.41, 5.74) is -0.475. The van der Waals surface area contributed by atoms with Crippen molar-refractivity contribution in [1.82, 2.24) is 15.1 Å². The first-order valence-corrected chi connectivity index (χ1v) is 7.39. The van der Waals surface area contributed by atoms with E-state index in [1.54, 1.807) is 4.90 Å². The average molecular weight is 319 g/mol. The van der Waals surface area contributed by atoms with Gasteiger partial charge in [-0.15, -0.1) is 0 Å². The number of ether oxygens (including phenoxy) is 1. The van der Waals surface area contributed by atoms with E-state index in [1.807, 2.05) is 6.92 Å². The summed E-state index contributed by atoms with van der Waals surface area (Å²) in [5.74, 6) is -0.151. The summed E-state index contributed by atoms with van der Waals surface area (Å²) in [6.45, 7) is 3.85. The third kappa shape index (κ3) is 4.22. The van der Waals surface area contributed by atoms with Gasteiger partial charge in [0.1, 0.15) is 0 Å². The fraction of sp³-hybridized carbons (Fsp3) is 0.714. The lowest BCUT2D eigenvalue weighted by atomic mass is 9.94. The van der Waals surface area contributed by atoms with Crippen LogP contribution in [0.15, 0.2) is 6.07 Å². The number of nitrogens with zero attached hydrogens (tertiary/aromatic N) is 2. The number of aromatic amines is 1. The Morgan fingerprint density at radius 1 is 1.55 bits per heavy atom. The van der Waals surface area contributed by atoms with Gasteiger partial charge in [-0.25, -0.2) is 0 Å². The summed E-state index contributed by atoms with van der Waals surface area (Å²) in [5, 5.41) is 5.78. The maximum atomic E-state index is 12.6. The van der Waals surface area contributed by atoms with Crippen molar-refractivity contribution in [2.75, 3.05) is 26.3 Å². The Hall–Kier alpha value is -1.57. The zero-order valence-corrected chi connectivity index (χ0v) is 12.4. The predicted molar refractivity (Wildman–Crippen MR) is 73.3 cm³/mol. The lowest BCUT2D eigenvalue weighted by molar-refractivity contribution is -0.141. The lowest BCUT2D eigenvalue weighted by Gasteiger charge is -2.32. The quantitative estimate of drug-likeness (QED) is 0.849. The van der Waals surface area contributed by atoms with Crippen LogP contribution in [0.25, 0.3) is 0 Å². The SMILES string of the molecule is CCOCCC(=O)N1CCC[C@@H](c2cc(C(F)(F)F)n[nH]2)C1. The Kier molecular flexibility index (Phi) is 5.44. The zero-order valence-electron chi connectivity index (χ0n) is 12.4. The highest BCUT2D eigenvalue weighted by atomic mass is 19.4. The number of nitrogens with one attached hydrogen (secondary N) is 1. The van der Waals surface area contributed by atoms with Crippen molar-refractivity contribution in [3.63, 3.8) is 0 Å². The van der Waals surface area contributed by atoms with E-state index in [0.29, 0.717) is 38.4 Å². The second kappa shape index (κ2) is 7.13. The van der Waals surface area contributed by atoms with E-state index in [0.717, 1.165) is 18.9 Å². The van der Waals surface area contributed by atoms with Gasteiger partial charge in [0.05, 0.1) is 13.0 Å². The number of amides is 1. The molecule has 22 heavy (non-hydrogen) atoms. The molecular weight excluding hydrogens is 299 g/mol. The first-order valence-electron chi connectivity index (χ1n) is 7.39. The summed E-state index contributed by atoms with van der Waals surface area (Å²) >= 11 is 0. The molecule has 0 bridgehead atoms. The Labute approximate surface area is 126 Å². The number of rotatable bonds is 5. The molecule has 1 amide bonds. The smallest absolute Gasteiger partial charge is 0.381 e. The molecule has 1 aliphatic rings. The fourth-order valence-corrected chi connectivity index (χ4v) is 2.61. The summed E-state index contributed by atoms with van der Waals surface area (Å²) in [4.78, 5) is 13.8. The van der Waals surface area contributed by atoms with Crippen molar-refractivity contribution < 1.29 is 22.7 Å². The van der Waals surface area contributed by atoms with Gasteiger partial charge in [-0.05, 0) is 25.8 Å². The van der Waals surface area contributed by atoms with Crippen LogP contribution in [0.5, 0.6) is 0 Å². The highest BCUT2D eigenvalue weighted by Gasteiger charge is 2.35. The van der Waals surface area contributed by atoms with E-state index in [1.165, 1.54) is 0 Å². The molecule has 2 heterocycles. The van der Waals surface area contributed by atoms with Crippen LogP contribution in [0.3, 0.4) is 0 Å². The molecule has 0 spiro atoms. The van der Waals surface area contributed by atoms with Gasteiger partial charge < -0.3 is 9.64 Å². The van der Waals surface area contributed by atoms with Crippen LogP contribution in [-0.2, 0) is 15.7 Å². The van der Waals surface area contributed by atoms with Gasteiger partial charge >= 0.3 is 6.18 Å². The third-order valence-corrected chi connectivity index (χ3v) is 3.77. The van der Waals surface area contributed by atoms with Gasteiger partial charge in [-0.2, -0.15) is 18.3 Å². The number of hydrogen-bond acceptors (Lipinski definition) is 3. The molecule has 1 fully saturated rings. The number of likely N-dealkylation sites (tertiary alicyclic amines) is 1. The molecule has 124 valence electrons. The van der Waals surface area contributed by atoms with Crippen molar-refractivity contribution in [1.29, 1.82) is 0 Å². The zero-order chi connectivity index (χ0) is 16.2. The van der Waals surface area contributed by atoms with Crippen LogP contribution in [0.4, 0.5) is 13.2 Å². The summed E-state index contributed by atoms with van der Waals surface area (Å²) in [6, 6.07) is 1.04. The minimum absolute atomic E-state index is 0.0197. The van der Waals surface area contributed by atoms with Crippen LogP contribution >= 0.6 is 0 Å². The number of piperidine rings is 1. The maximum Gasteiger partial charge on any atom is 0.435 e. The molecule has 1 saturated heterocycles. The molecule has 5 nitrogen and oxygen atoms in total. The van der Waals surface area contributed by atoms with Gasteiger partial charge in [0, 0.05) is 31.3 Å². The van der Waals surface area contributed by atoms with E-state index in [4.69, 9.17) is 4.74 Å². The third-order valence-electron chi connectivity index (χ3n) is 3.77. The molecule has 0 saturated carbocycles. The van der Waals surface area contributed by atoms with Crippen molar-refractivity contribution >= 4 is 5.91 Å². The first-order chi connectivity index (χ1) is 10.4. The van der Waals surface area contributed by atoms with Crippen LogP contribution in [0.2, 0.25) is 0 Å². The topological polar surface area (TPSA) is 58.2 Å². The maximum absolute atomic E-state index is 12.6. The minimum Gasteiger partial charge on any atom is -0.381 e. The molecule has 1 N–H and O–H groups in total. The largest absolute Gasteiger partial charge is 0.435 e. The normalized spacial score (nSPS) is 19.5. The van der Waals surface area contributed by atoms with E-state index in [9.17, 15) is 18.0 Å². The number of carbonyl (C=O) groups excluding carboxylic acids is 1.